The van der Waals surface area contributed by atoms with E-state index in [9.17, 15) is 4.79 Å². The van der Waals surface area contributed by atoms with Crippen LogP contribution in [0.3, 0.4) is 0 Å². The first-order valence-electron chi connectivity index (χ1n) is 9.12. The minimum Gasteiger partial charge on any atom is -0.385 e. The van der Waals surface area contributed by atoms with E-state index in [1.54, 1.807) is 7.11 Å². The average molecular weight is 309 g/mol. The molecule has 4 nitrogen and oxygen atoms in total. The fraction of sp³-hybridized carbons (Fsp3) is 0.944. The number of ether oxygens (including phenoxy) is 2. The Labute approximate surface area is 134 Å². The number of carbonyl (C=O) groups is 1. The quantitative estimate of drug-likeness (QED) is 0.848. The molecule has 2 aliphatic carbocycles. The first-order valence-corrected chi connectivity index (χ1v) is 9.12. The fourth-order valence-electron chi connectivity index (χ4n) is 4.53. The highest BCUT2D eigenvalue weighted by Gasteiger charge is 2.45. The van der Waals surface area contributed by atoms with Gasteiger partial charge in [0, 0.05) is 26.4 Å². The molecule has 3 rings (SSSR count). The van der Waals surface area contributed by atoms with E-state index < -0.39 is 0 Å². The normalized spacial score (nSPS) is 29.8. The summed E-state index contributed by atoms with van der Waals surface area (Å²) in [6.45, 7) is 1.49. The summed E-state index contributed by atoms with van der Waals surface area (Å²) in [5.41, 5.74) is -0.0816. The Morgan fingerprint density at radius 1 is 1.18 bits per heavy atom. The van der Waals surface area contributed by atoms with Crippen LogP contribution in [0.5, 0.6) is 0 Å². The summed E-state index contributed by atoms with van der Waals surface area (Å²) in [5, 5.41) is 3.37. The molecule has 1 N–H and O–H groups in total. The van der Waals surface area contributed by atoms with Gasteiger partial charge in [-0.2, -0.15) is 0 Å². The summed E-state index contributed by atoms with van der Waals surface area (Å²) in [6, 6.07) is 0.305. The van der Waals surface area contributed by atoms with E-state index in [0.29, 0.717) is 12.6 Å². The second-order valence-electron chi connectivity index (χ2n) is 7.63. The molecule has 0 unspecified atom stereocenters. The third-order valence-corrected chi connectivity index (χ3v) is 6.17. The van der Waals surface area contributed by atoms with Gasteiger partial charge in [-0.3, -0.25) is 4.79 Å². The van der Waals surface area contributed by atoms with Crippen molar-refractivity contribution < 1.29 is 14.3 Å². The van der Waals surface area contributed by atoms with E-state index in [2.05, 4.69) is 5.32 Å². The SMILES string of the molecule is COCCC1(C(=O)N[C@H]2CCOC3(CCCCC3)C2)CCC1. The molecule has 0 aromatic heterocycles. The summed E-state index contributed by atoms with van der Waals surface area (Å²) in [5.74, 6) is 0.272. The number of hydrogen-bond donors (Lipinski definition) is 1. The average Bonchev–Trinajstić information content (AvgIpc) is 2.47. The highest BCUT2D eigenvalue weighted by atomic mass is 16.5. The van der Waals surface area contributed by atoms with E-state index >= 15 is 0 Å². The largest absolute Gasteiger partial charge is 0.385 e. The molecule has 0 aromatic carbocycles. The van der Waals surface area contributed by atoms with Crippen molar-refractivity contribution >= 4 is 5.91 Å². The maximum Gasteiger partial charge on any atom is 0.226 e. The predicted molar refractivity (Wildman–Crippen MR) is 85.7 cm³/mol. The molecule has 0 bridgehead atoms. The van der Waals surface area contributed by atoms with Crippen molar-refractivity contribution in [2.24, 2.45) is 5.41 Å². The molecule has 0 aromatic rings. The minimum atomic E-state index is -0.145. The predicted octanol–water partition coefficient (Wildman–Crippen LogP) is 3.19. The molecular weight excluding hydrogens is 278 g/mol. The zero-order chi connectivity index (χ0) is 15.5. The zero-order valence-electron chi connectivity index (χ0n) is 14.0. The molecule has 3 fully saturated rings. The molecule has 1 atom stereocenters. The summed E-state index contributed by atoms with van der Waals surface area (Å²) in [7, 11) is 1.72. The molecule has 1 heterocycles. The first kappa shape index (κ1) is 16.3. The van der Waals surface area contributed by atoms with Crippen molar-refractivity contribution in [2.45, 2.75) is 82.3 Å². The van der Waals surface area contributed by atoms with E-state index in [0.717, 1.165) is 38.7 Å². The van der Waals surface area contributed by atoms with Crippen LogP contribution in [0.4, 0.5) is 0 Å². The van der Waals surface area contributed by atoms with Gasteiger partial charge >= 0.3 is 0 Å². The maximum absolute atomic E-state index is 12.8. The third-order valence-electron chi connectivity index (χ3n) is 6.17. The van der Waals surface area contributed by atoms with Crippen LogP contribution < -0.4 is 5.32 Å². The molecule has 22 heavy (non-hydrogen) atoms. The van der Waals surface area contributed by atoms with Gasteiger partial charge < -0.3 is 14.8 Å². The third kappa shape index (κ3) is 3.33. The van der Waals surface area contributed by atoms with Gasteiger partial charge in [-0.15, -0.1) is 0 Å². The monoisotopic (exact) mass is 309 g/mol. The van der Waals surface area contributed by atoms with Crippen molar-refractivity contribution in [2.75, 3.05) is 20.3 Å². The standard InChI is InChI=1S/C18H31NO3/c1-21-13-11-17(7-5-8-17)16(20)19-15-6-12-22-18(14-15)9-3-2-4-10-18/h15H,2-14H2,1H3,(H,19,20)/t15-/m0/s1. The van der Waals surface area contributed by atoms with Crippen LogP contribution in [0.15, 0.2) is 0 Å². The van der Waals surface area contributed by atoms with Gasteiger partial charge in [-0.1, -0.05) is 25.7 Å². The lowest BCUT2D eigenvalue weighted by Crippen LogP contribution is -2.54. The lowest BCUT2D eigenvalue weighted by Gasteiger charge is -2.46. The lowest BCUT2D eigenvalue weighted by atomic mass is 9.66. The molecule has 1 spiro atoms. The van der Waals surface area contributed by atoms with Crippen LogP contribution in [0.25, 0.3) is 0 Å². The number of nitrogens with one attached hydrogen (secondary N) is 1. The van der Waals surface area contributed by atoms with Crippen LogP contribution in [-0.2, 0) is 14.3 Å². The van der Waals surface area contributed by atoms with Crippen LogP contribution in [0.1, 0.15) is 70.6 Å². The van der Waals surface area contributed by atoms with E-state index in [4.69, 9.17) is 9.47 Å². The van der Waals surface area contributed by atoms with Gasteiger partial charge in [0.15, 0.2) is 0 Å². The van der Waals surface area contributed by atoms with Gasteiger partial charge in [-0.05, 0) is 44.9 Å². The van der Waals surface area contributed by atoms with Crippen molar-refractivity contribution in [1.82, 2.24) is 5.32 Å². The summed E-state index contributed by atoms with van der Waals surface area (Å²) in [4.78, 5) is 12.8. The van der Waals surface area contributed by atoms with Crippen molar-refractivity contribution in [1.29, 1.82) is 0 Å². The van der Waals surface area contributed by atoms with Crippen LogP contribution in [0, 0.1) is 5.41 Å². The van der Waals surface area contributed by atoms with Crippen molar-refractivity contribution in [3.8, 4) is 0 Å². The van der Waals surface area contributed by atoms with Gasteiger partial charge in [0.1, 0.15) is 0 Å². The Bertz CT molecular complexity index is 380. The molecule has 1 aliphatic heterocycles. The first-order chi connectivity index (χ1) is 10.7. The number of methoxy groups -OCH3 is 1. The number of rotatable bonds is 5. The van der Waals surface area contributed by atoms with Gasteiger partial charge in [0.2, 0.25) is 5.91 Å². The molecule has 2 saturated carbocycles. The fourth-order valence-corrected chi connectivity index (χ4v) is 4.53. The van der Waals surface area contributed by atoms with Crippen LogP contribution >= 0.6 is 0 Å². The zero-order valence-corrected chi connectivity index (χ0v) is 14.0. The summed E-state index contributed by atoms with van der Waals surface area (Å²) >= 11 is 0. The van der Waals surface area contributed by atoms with Crippen LogP contribution in [0.2, 0.25) is 0 Å². The maximum atomic E-state index is 12.8. The van der Waals surface area contributed by atoms with E-state index in [1.807, 2.05) is 0 Å². The summed E-state index contributed by atoms with van der Waals surface area (Å²) in [6.07, 6.45) is 12.3. The van der Waals surface area contributed by atoms with Crippen molar-refractivity contribution in [3.05, 3.63) is 0 Å². The molecule has 4 heteroatoms. The number of amides is 1. The molecule has 1 saturated heterocycles. The smallest absolute Gasteiger partial charge is 0.226 e. The van der Waals surface area contributed by atoms with Gasteiger partial charge in [-0.25, -0.2) is 0 Å². The highest BCUT2D eigenvalue weighted by molar-refractivity contribution is 5.83. The topological polar surface area (TPSA) is 47.6 Å². The van der Waals surface area contributed by atoms with Crippen molar-refractivity contribution in [3.63, 3.8) is 0 Å². The Hall–Kier alpha value is -0.610. The second-order valence-corrected chi connectivity index (χ2v) is 7.63. The Morgan fingerprint density at radius 2 is 1.95 bits per heavy atom. The molecule has 126 valence electrons. The summed E-state index contributed by atoms with van der Waals surface area (Å²) < 4.78 is 11.3. The van der Waals surface area contributed by atoms with Gasteiger partial charge in [0.25, 0.3) is 0 Å². The van der Waals surface area contributed by atoms with Crippen LogP contribution in [-0.4, -0.2) is 37.9 Å². The van der Waals surface area contributed by atoms with Gasteiger partial charge in [0.05, 0.1) is 11.0 Å². The van der Waals surface area contributed by atoms with E-state index in [-0.39, 0.29) is 16.9 Å². The molecule has 1 amide bonds. The second kappa shape index (κ2) is 6.88. The number of carbonyl (C=O) groups excluding carboxylic acids is 1. The number of hydrogen-bond acceptors (Lipinski definition) is 3. The minimum absolute atomic E-state index is 0.0632. The molecular formula is C18H31NO3. The molecule has 3 aliphatic rings. The Morgan fingerprint density at radius 3 is 2.59 bits per heavy atom. The van der Waals surface area contributed by atoms with E-state index in [1.165, 1.54) is 38.5 Å². The highest BCUT2D eigenvalue weighted by Crippen LogP contribution is 2.45. The lowest BCUT2D eigenvalue weighted by molar-refractivity contribution is -0.142. The molecule has 0 radical (unpaired) electrons. The Balaban J connectivity index is 1.56. The Kier molecular flexibility index (Phi) is 5.08.